The van der Waals surface area contributed by atoms with Gasteiger partial charge in [0.1, 0.15) is 12.0 Å². The molecule has 13 heavy (non-hydrogen) atoms. The van der Waals surface area contributed by atoms with Gasteiger partial charge in [0.25, 0.3) is 0 Å². The predicted octanol–water partition coefficient (Wildman–Crippen LogP) is 0.206. The van der Waals surface area contributed by atoms with Gasteiger partial charge in [0.15, 0.2) is 0 Å². The third kappa shape index (κ3) is 1.35. The van der Waals surface area contributed by atoms with E-state index in [-0.39, 0.29) is 11.9 Å². The molecule has 0 saturated heterocycles. The van der Waals surface area contributed by atoms with Gasteiger partial charge >= 0.3 is 5.97 Å². The highest BCUT2D eigenvalue weighted by Crippen LogP contribution is 2.47. The molecule has 0 radical (unpaired) electrons. The Morgan fingerprint density at radius 3 is 2.69 bits per heavy atom. The molecule has 2 unspecified atom stereocenters. The molecule has 3 heteroatoms. The van der Waals surface area contributed by atoms with Crippen LogP contribution in [-0.2, 0) is 9.53 Å². The van der Waals surface area contributed by atoms with E-state index in [1.807, 2.05) is 6.92 Å². The smallest absolute Gasteiger partial charge is 0.315 e. The van der Waals surface area contributed by atoms with E-state index < -0.39 is 0 Å². The van der Waals surface area contributed by atoms with Crippen molar-refractivity contribution in [2.75, 3.05) is 6.61 Å². The first-order valence-corrected chi connectivity index (χ1v) is 5.23. The van der Waals surface area contributed by atoms with E-state index in [1.165, 1.54) is 19.3 Å². The number of carbonyl (C=O) groups excluding carboxylic acids is 1. The second kappa shape index (κ2) is 3.29. The molecule has 4 atom stereocenters. The van der Waals surface area contributed by atoms with Crippen LogP contribution in [-0.4, -0.2) is 18.6 Å². The Hall–Kier alpha value is -0.570. The fraction of sp³-hybridized carbons (Fsp3) is 0.900. The molecule has 0 spiro atoms. The van der Waals surface area contributed by atoms with Crippen molar-refractivity contribution in [3.8, 4) is 0 Å². The number of quaternary nitrogens is 1. The summed E-state index contributed by atoms with van der Waals surface area (Å²) < 4.78 is 5.07. The quantitative estimate of drug-likeness (QED) is 0.623. The van der Waals surface area contributed by atoms with Gasteiger partial charge in [-0.05, 0) is 32.1 Å². The molecule has 2 fully saturated rings. The van der Waals surface area contributed by atoms with Gasteiger partial charge in [0.2, 0.25) is 0 Å². The lowest BCUT2D eigenvalue weighted by Crippen LogP contribution is -2.68. The van der Waals surface area contributed by atoms with Gasteiger partial charge in [-0.2, -0.15) is 0 Å². The molecular formula is C10H18NO2+. The fourth-order valence-corrected chi connectivity index (χ4v) is 3.02. The standard InChI is InChI=1S/C10H17NO2/c1-2-13-10(12)8-6-3-4-7(5-6)9(8)11/h6-9H,2-5,11H2,1H3/p+1/t6-,7+,8?,9?/m0/s1. The summed E-state index contributed by atoms with van der Waals surface area (Å²) >= 11 is 0. The average Bonchev–Trinajstić information content (AvgIpc) is 2.63. The molecule has 0 aromatic carbocycles. The van der Waals surface area contributed by atoms with Crippen molar-refractivity contribution in [1.82, 2.24) is 0 Å². The highest BCUT2D eigenvalue weighted by Gasteiger charge is 2.52. The summed E-state index contributed by atoms with van der Waals surface area (Å²) in [4.78, 5) is 11.6. The SMILES string of the molecule is CCOC(=O)C1C([NH3+])[C@@H]2CC[C@H]1C2. The molecule has 0 amide bonds. The first-order valence-electron chi connectivity index (χ1n) is 5.23. The number of carbonyl (C=O) groups is 1. The lowest BCUT2D eigenvalue weighted by Gasteiger charge is -2.23. The molecule has 3 nitrogen and oxygen atoms in total. The molecule has 0 heterocycles. The number of esters is 1. The normalized spacial score (nSPS) is 42.3. The van der Waals surface area contributed by atoms with Crippen LogP contribution in [0.15, 0.2) is 0 Å². The summed E-state index contributed by atoms with van der Waals surface area (Å²) in [6.07, 6.45) is 3.69. The zero-order chi connectivity index (χ0) is 9.42. The highest BCUT2D eigenvalue weighted by atomic mass is 16.5. The van der Waals surface area contributed by atoms with Gasteiger partial charge in [-0.1, -0.05) is 0 Å². The highest BCUT2D eigenvalue weighted by molar-refractivity contribution is 5.74. The molecule has 2 saturated carbocycles. The molecule has 0 aromatic rings. The first-order chi connectivity index (χ1) is 6.24. The predicted molar refractivity (Wildman–Crippen MR) is 47.6 cm³/mol. The maximum absolute atomic E-state index is 11.6. The van der Waals surface area contributed by atoms with Crippen LogP contribution in [0.5, 0.6) is 0 Å². The average molecular weight is 184 g/mol. The Labute approximate surface area is 78.6 Å². The monoisotopic (exact) mass is 184 g/mol. The van der Waals surface area contributed by atoms with Gasteiger partial charge in [0.05, 0.1) is 6.61 Å². The number of fused-ring (bicyclic) bond motifs is 2. The van der Waals surface area contributed by atoms with Crippen molar-refractivity contribution in [3.63, 3.8) is 0 Å². The van der Waals surface area contributed by atoms with E-state index in [9.17, 15) is 4.79 Å². The van der Waals surface area contributed by atoms with Crippen LogP contribution >= 0.6 is 0 Å². The minimum atomic E-state index is -0.00491. The summed E-state index contributed by atoms with van der Waals surface area (Å²) in [6, 6.07) is 0.317. The summed E-state index contributed by atoms with van der Waals surface area (Å²) in [6.45, 7) is 2.36. The van der Waals surface area contributed by atoms with Crippen LogP contribution in [0, 0.1) is 17.8 Å². The molecule has 2 bridgehead atoms. The van der Waals surface area contributed by atoms with Crippen LogP contribution in [0.3, 0.4) is 0 Å². The number of hydrogen-bond donors (Lipinski definition) is 1. The van der Waals surface area contributed by atoms with Crippen molar-refractivity contribution in [2.45, 2.75) is 32.2 Å². The molecule has 0 aromatic heterocycles. The molecule has 3 N–H and O–H groups in total. The van der Waals surface area contributed by atoms with Crippen LogP contribution < -0.4 is 5.73 Å². The number of rotatable bonds is 2. The van der Waals surface area contributed by atoms with E-state index in [4.69, 9.17) is 4.74 Å². The summed E-state index contributed by atoms with van der Waals surface area (Å²) in [5.74, 6) is 1.37. The van der Waals surface area contributed by atoms with Crippen molar-refractivity contribution in [1.29, 1.82) is 0 Å². The minimum absolute atomic E-state index is 0.00491. The molecule has 74 valence electrons. The van der Waals surface area contributed by atoms with E-state index in [0.29, 0.717) is 24.5 Å². The minimum Gasteiger partial charge on any atom is -0.466 e. The van der Waals surface area contributed by atoms with Gasteiger partial charge in [0, 0.05) is 5.92 Å². The van der Waals surface area contributed by atoms with Crippen LogP contribution in [0.4, 0.5) is 0 Å². The number of hydrogen-bond acceptors (Lipinski definition) is 2. The van der Waals surface area contributed by atoms with Crippen molar-refractivity contribution in [2.24, 2.45) is 17.8 Å². The van der Waals surface area contributed by atoms with E-state index in [2.05, 4.69) is 5.73 Å². The fourth-order valence-electron chi connectivity index (χ4n) is 3.02. The summed E-state index contributed by atoms with van der Waals surface area (Å²) in [7, 11) is 0. The van der Waals surface area contributed by atoms with Crippen molar-refractivity contribution < 1.29 is 15.3 Å². The summed E-state index contributed by atoms with van der Waals surface area (Å²) in [5.41, 5.74) is 4.10. The maximum Gasteiger partial charge on any atom is 0.315 e. The molecule has 2 aliphatic rings. The molecule has 0 aliphatic heterocycles. The number of ether oxygens (including phenoxy) is 1. The zero-order valence-electron chi connectivity index (χ0n) is 8.16. The topological polar surface area (TPSA) is 53.9 Å². The van der Waals surface area contributed by atoms with Crippen molar-refractivity contribution >= 4 is 5.97 Å². The van der Waals surface area contributed by atoms with Crippen molar-refractivity contribution in [3.05, 3.63) is 0 Å². The van der Waals surface area contributed by atoms with Gasteiger partial charge in [-0.15, -0.1) is 0 Å². The van der Waals surface area contributed by atoms with E-state index in [0.717, 1.165) is 0 Å². The Morgan fingerprint density at radius 2 is 2.15 bits per heavy atom. The molecule has 2 aliphatic carbocycles. The Kier molecular flexibility index (Phi) is 2.28. The Balaban J connectivity index is 2.03. The third-order valence-electron chi connectivity index (χ3n) is 3.65. The second-order valence-electron chi connectivity index (χ2n) is 4.27. The van der Waals surface area contributed by atoms with Crippen LogP contribution in [0.1, 0.15) is 26.2 Å². The Morgan fingerprint density at radius 1 is 1.46 bits per heavy atom. The summed E-state index contributed by atoms with van der Waals surface area (Å²) in [5, 5.41) is 0. The van der Waals surface area contributed by atoms with Gasteiger partial charge in [-0.25, -0.2) is 0 Å². The van der Waals surface area contributed by atoms with Crippen LogP contribution in [0.2, 0.25) is 0 Å². The van der Waals surface area contributed by atoms with E-state index >= 15 is 0 Å². The largest absolute Gasteiger partial charge is 0.466 e. The zero-order valence-corrected chi connectivity index (χ0v) is 8.16. The van der Waals surface area contributed by atoms with Gasteiger partial charge < -0.3 is 10.5 Å². The van der Waals surface area contributed by atoms with Crippen LogP contribution in [0.25, 0.3) is 0 Å². The second-order valence-corrected chi connectivity index (χ2v) is 4.27. The Bertz CT molecular complexity index is 215. The maximum atomic E-state index is 11.6. The molecular weight excluding hydrogens is 166 g/mol. The van der Waals surface area contributed by atoms with E-state index in [1.54, 1.807) is 0 Å². The van der Waals surface area contributed by atoms with Gasteiger partial charge in [-0.3, -0.25) is 4.79 Å². The lowest BCUT2D eigenvalue weighted by atomic mass is 9.85. The first kappa shape index (κ1) is 9.00. The molecule has 2 rings (SSSR count). The lowest BCUT2D eigenvalue weighted by molar-refractivity contribution is -0.440. The third-order valence-corrected chi connectivity index (χ3v) is 3.65.